The van der Waals surface area contributed by atoms with Gasteiger partial charge in [0.1, 0.15) is 5.82 Å². The summed E-state index contributed by atoms with van der Waals surface area (Å²) in [6.45, 7) is 2.67. The Morgan fingerprint density at radius 2 is 1.91 bits per heavy atom. The first kappa shape index (κ1) is 24.6. The van der Waals surface area contributed by atoms with Crippen molar-refractivity contribution in [1.82, 2.24) is 9.88 Å². The highest BCUT2D eigenvalue weighted by molar-refractivity contribution is 5.94. The second-order valence-electron chi connectivity index (χ2n) is 8.30. The van der Waals surface area contributed by atoms with Crippen LogP contribution in [-0.2, 0) is 16.1 Å². The van der Waals surface area contributed by atoms with E-state index >= 15 is 0 Å². The van der Waals surface area contributed by atoms with Gasteiger partial charge in [0.15, 0.2) is 0 Å². The van der Waals surface area contributed by atoms with E-state index in [1.54, 1.807) is 24.5 Å². The molecule has 4 rings (SSSR count). The number of alkyl halides is 3. The second-order valence-corrected chi connectivity index (χ2v) is 8.30. The highest BCUT2D eigenvalue weighted by atomic mass is 19.4. The smallest absolute Gasteiger partial charge is 0.475 e. The van der Waals surface area contributed by atoms with Crippen LogP contribution in [0.15, 0.2) is 48.8 Å². The van der Waals surface area contributed by atoms with Crippen molar-refractivity contribution in [2.75, 3.05) is 19.7 Å². The molecule has 2 atom stereocenters. The van der Waals surface area contributed by atoms with E-state index in [1.807, 2.05) is 17.0 Å². The van der Waals surface area contributed by atoms with Crippen molar-refractivity contribution in [2.45, 2.75) is 32.0 Å². The lowest BCUT2D eigenvalue weighted by atomic mass is 9.81. The minimum absolute atomic E-state index is 0.0377. The molecule has 0 bridgehead atoms. The molecular formula is C23H24F4N2O4. The van der Waals surface area contributed by atoms with Crippen LogP contribution < -0.4 is 0 Å². The number of carboxylic acid groups (broad SMARTS) is 1. The van der Waals surface area contributed by atoms with Gasteiger partial charge in [0.25, 0.3) is 5.91 Å². The molecule has 2 aromatic rings. The molecule has 0 radical (unpaired) electrons. The minimum atomic E-state index is -5.08. The number of benzene rings is 1. The Morgan fingerprint density at radius 3 is 2.55 bits per heavy atom. The Morgan fingerprint density at radius 1 is 1.21 bits per heavy atom. The monoisotopic (exact) mass is 468 g/mol. The molecule has 10 heteroatoms. The van der Waals surface area contributed by atoms with Crippen LogP contribution in [0.3, 0.4) is 0 Å². The maximum atomic E-state index is 13.5. The number of hydrogen-bond acceptors (Lipinski definition) is 4. The van der Waals surface area contributed by atoms with Gasteiger partial charge in [0.2, 0.25) is 0 Å². The first-order valence-electron chi connectivity index (χ1n) is 10.4. The SMILES string of the molecule is O=C(O)C(F)(F)F.O=C(c1cccc(F)c1)N1C[C@H]2CCC[C@@]2(COCc2ccncc2)C1. The number of pyridine rings is 1. The summed E-state index contributed by atoms with van der Waals surface area (Å²) in [6, 6.07) is 9.88. The van der Waals surface area contributed by atoms with Gasteiger partial charge in [-0.05, 0) is 54.7 Å². The van der Waals surface area contributed by atoms with E-state index in [0.717, 1.165) is 24.9 Å². The molecule has 33 heavy (non-hydrogen) atoms. The largest absolute Gasteiger partial charge is 0.490 e. The zero-order valence-corrected chi connectivity index (χ0v) is 17.7. The van der Waals surface area contributed by atoms with E-state index in [4.69, 9.17) is 14.6 Å². The Hall–Kier alpha value is -3.01. The van der Waals surface area contributed by atoms with Gasteiger partial charge in [-0.15, -0.1) is 0 Å². The lowest BCUT2D eigenvalue weighted by Crippen LogP contribution is -2.34. The molecule has 1 aliphatic carbocycles. The minimum Gasteiger partial charge on any atom is -0.475 e. The molecule has 0 spiro atoms. The number of amides is 1. The second kappa shape index (κ2) is 10.3. The standard InChI is InChI=1S/C21H23FN2O2.C2HF3O2/c22-19-5-1-3-17(11-19)20(25)24-12-18-4-2-8-21(18,14-24)15-26-13-16-6-9-23-10-7-16;3-2(4,5)1(6)7/h1,3,5-7,9-11,18H,2,4,8,12-15H2;(H,6,7)/t18-,21+;/m1./s1. The molecule has 1 N–H and O–H groups in total. The first-order valence-corrected chi connectivity index (χ1v) is 10.4. The lowest BCUT2D eigenvalue weighted by molar-refractivity contribution is -0.192. The molecule has 1 amide bonds. The van der Waals surface area contributed by atoms with E-state index in [0.29, 0.717) is 31.2 Å². The molecule has 6 nitrogen and oxygen atoms in total. The summed E-state index contributed by atoms with van der Waals surface area (Å²) >= 11 is 0. The molecule has 2 fully saturated rings. The molecule has 1 aromatic carbocycles. The number of likely N-dealkylation sites (tertiary alicyclic amines) is 1. The highest BCUT2D eigenvalue weighted by Gasteiger charge is 2.50. The number of rotatable bonds is 5. The van der Waals surface area contributed by atoms with E-state index in [2.05, 4.69) is 4.98 Å². The third-order valence-corrected chi connectivity index (χ3v) is 6.05. The fraction of sp³-hybridized carbons (Fsp3) is 0.435. The normalized spacial score (nSPS) is 21.8. The van der Waals surface area contributed by atoms with E-state index in [1.165, 1.54) is 18.6 Å². The Balaban J connectivity index is 0.000000383. The lowest BCUT2D eigenvalue weighted by Gasteiger charge is -2.28. The predicted octanol–water partition coefficient (Wildman–Crippen LogP) is 4.31. The molecule has 2 aliphatic rings. The van der Waals surface area contributed by atoms with Crippen molar-refractivity contribution in [2.24, 2.45) is 11.3 Å². The first-order chi connectivity index (χ1) is 15.6. The van der Waals surface area contributed by atoms with Gasteiger partial charge in [0, 0.05) is 36.5 Å². The Kier molecular flexibility index (Phi) is 7.68. The van der Waals surface area contributed by atoms with Gasteiger partial charge < -0.3 is 14.7 Å². The Bertz CT molecular complexity index is 970. The van der Waals surface area contributed by atoms with Gasteiger partial charge in [-0.1, -0.05) is 12.5 Å². The Labute approximate surface area is 188 Å². The van der Waals surface area contributed by atoms with Crippen LogP contribution in [0.2, 0.25) is 0 Å². The molecular weight excluding hydrogens is 444 g/mol. The summed E-state index contributed by atoms with van der Waals surface area (Å²) in [4.78, 5) is 27.6. The van der Waals surface area contributed by atoms with Gasteiger partial charge in [-0.3, -0.25) is 9.78 Å². The van der Waals surface area contributed by atoms with Crippen LogP contribution in [0.5, 0.6) is 0 Å². The molecule has 2 heterocycles. The van der Waals surface area contributed by atoms with Gasteiger partial charge in [0.05, 0.1) is 13.2 Å². The number of carbonyl (C=O) groups excluding carboxylic acids is 1. The van der Waals surface area contributed by atoms with E-state index in [9.17, 15) is 22.4 Å². The molecule has 1 aromatic heterocycles. The average Bonchev–Trinajstić information content (AvgIpc) is 3.31. The number of carbonyl (C=O) groups is 2. The van der Waals surface area contributed by atoms with Crippen molar-refractivity contribution in [3.63, 3.8) is 0 Å². The number of ether oxygens (including phenoxy) is 1. The molecule has 0 unspecified atom stereocenters. The number of carboxylic acids is 1. The van der Waals surface area contributed by atoms with Crippen molar-refractivity contribution >= 4 is 11.9 Å². The van der Waals surface area contributed by atoms with Crippen molar-refractivity contribution in [1.29, 1.82) is 0 Å². The quantitative estimate of drug-likeness (QED) is 0.662. The summed E-state index contributed by atoms with van der Waals surface area (Å²) in [5.41, 5.74) is 1.57. The van der Waals surface area contributed by atoms with Crippen LogP contribution in [0, 0.1) is 17.2 Å². The molecule has 178 valence electrons. The third-order valence-electron chi connectivity index (χ3n) is 6.05. The fourth-order valence-corrected chi connectivity index (χ4v) is 4.46. The van der Waals surface area contributed by atoms with Crippen molar-refractivity contribution in [3.8, 4) is 0 Å². The van der Waals surface area contributed by atoms with Crippen LogP contribution in [0.1, 0.15) is 35.2 Å². The summed E-state index contributed by atoms with van der Waals surface area (Å²) in [6.07, 6.45) is 1.85. The number of fused-ring (bicyclic) bond motifs is 1. The van der Waals surface area contributed by atoms with Crippen molar-refractivity contribution in [3.05, 3.63) is 65.7 Å². The van der Waals surface area contributed by atoms with E-state index < -0.39 is 12.1 Å². The van der Waals surface area contributed by atoms with E-state index in [-0.39, 0.29) is 17.1 Å². The summed E-state index contributed by atoms with van der Waals surface area (Å²) in [5, 5.41) is 7.12. The molecule has 1 saturated heterocycles. The summed E-state index contributed by atoms with van der Waals surface area (Å²) in [7, 11) is 0. The average molecular weight is 468 g/mol. The maximum Gasteiger partial charge on any atom is 0.490 e. The molecule has 1 saturated carbocycles. The zero-order chi connectivity index (χ0) is 24.1. The van der Waals surface area contributed by atoms with Crippen LogP contribution in [0.4, 0.5) is 17.6 Å². The summed E-state index contributed by atoms with van der Waals surface area (Å²) < 4.78 is 51.2. The number of nitrogens with zero attached hydrogens (tertiary/aromatic N) is 2. The maximum absolute atomic E-state index is 13.5. The predicted molar refractivity (Wildman–Crippen MR) is 110 cm³/mol. The van der Waals surface area contributed by atoms with Crippen LogP contribution in [0.25, 0.3) is 0 Å². The summed E-state index contributed by atoms with van der Waals surface area (Å²) in [5.74, 6) is -2.73. The van der Waals surface area contributed by atoms with Crippen LogP contribution in [-0.4, -0.2) is 52.7 Å². The zero-order valence-electron chi connectivity index (χ0n) is 17.7. The highest BCUT2D eigenvalue weighted by Crippen LogP contribution is 2.49. The van der Waals surface area contributed by atoms with Crippen molar-refractivity contribution < 1.29 is 37.0 Å². The third kappa shape index (κ3) is 6.28. The van der Waals surface area contributed by atoms with Gasteiger partial charge in [-0.2, -0.15) is 13.2 Å². The van der Waals surface area contributed by atoms with Gasteiger partial charge >= 0.3 is 12.1 Å². The van der Waals surface area contributed by atoms with Crippen LogP contribution >= 0.6 is 0 Å². The fourth-order valence-electron chi connectivity index (χ4n) is 4.46. The number of aliphatic carboxylic acids is 1. The van der Waals surface area contributed by atoms with Gasteiger partial charge in [-0.25, -0.2) is 9.18 Å². The topological polar surface area (TPSA) is 79.7 Å². The molecule has 1 aliphatic heterocycles. The number of hydrogen-bond donors (Lipinski definition) is 1. The number of aromatic nitrogens is 1. The number of halogens is 4.